The molecule has 16 heavy (non-hydrogen) atoms. The number of aryl methyl sites for hydroxylation is 1. The van der Waals surface area contributed by atoms with Crippen molar-refractivity contribution in [3.8, 4) is 11.1 Å². The van der Waals surface area contributed by atoms with Crippen LogP contribution in [0.4, 0.5) is 0 Å². The molecular formula is C16H16. The second-order valence-corrected chi connectivity index (χ2v) is 4.71. The van der Waals surface area contributed by atoms with Crippen molar-refractivity contribution in [1.82, 2.24) is 0 Å². The van der Waals surface area contributed by atoms with Crippen LogP contribution in [0.3, 0.4) is 0 Å². The van der Waals surface area contributed by atoms with Crippen molar-refractivity contribution in [2.24, 2.45) is 0 Å². The maximum absolute atomic E-state index is 2.38. The van der Waals surface area contributed by atoms with Gasteiger partial charge in [-0.25, -0.2) is 0 Å². The SMILES string of the molecule is Cc1ccc(-c2ccccc2)cc1C1CC1. The number of hydrogen-bond donors (Lipinski definition) is 0. The van der Waals surface area contributed by atoms with E-state index in [9.17, 15) is 0 Å². The Balaban J connectivity index is 2.05. The van der Waals surface area contributed by atoms with Crippen LogP contribution in [0.5, 0.6) is 0 Å². The molecule has 0 N–H and O–H groups in total. The Morgan fingerprint density at radius 1 is 0.875 bits per heavy atom. The summed E-state index contributed by atoms with van der Waals surface area (Å²) in [5.41, 5.74) is 5.68. The van der Waals surface area contributed by atoms with Crippen LogP contribution >= 0.6 is 0 Å². The van der Waals surface area contributed by atoms with Crippen molar-refractivity contribution in [2.45, 2.75) is 25.7 Å². The molecule has 0 unspecified atom stereocenters. The molecule has 0 radical (unpaired) electrons. The third-order valence-electron chi connectivity index (χ3n) is 3.40. The van der Waals surface area contributed by atoms with Crippen molar-refractivity contribution >= 4 is 0 Å². The monoisotopic (exact) mass is 208 g/mol. The van der Waals surface area contributed by atoms with Gasteiger partial charge in [-0.1, -0.05) is 48.5 Å². The smallest absolute Gasteiger partial charge is 0.0159 e. The second-order valence-electron chi connectivity index (χ2n) is 4.71. The van der Waals surface area contributed by atoms with Gasteiger partial charge in [0.05, 0.1) is 0 Å². The van der Waals surface area contributed by atoms with E-state index in [1.54, 1.807) is 5.56 Å². The molecule has 0 aromatic heterocycles. The summed E-state index contributed by atoms with van der Waals surface area (Å²) < 4.78 is 0. The van der Waals surface area contributed by atoms with Crippen LogP contribution in [-0.4, -0.2) is 0 Å². The maximum Gasteiger partial charge on any atom is -0.0159 e. The summed E-state index contributed by atoms with van der Waals surface area (Å²) in [7, 11) is 0. The van der Waals surface area contributed by atoms with Crippen molar-refractivity contribution in [1.29, 1.82) is 0 Å². The van der Waals surface area contributed by atoms with E-state index < -0.39 is 0 Å². The molecule has 1 aliphatic carbocycles. The normalized spacial score (nSPS) is 15.1. The lowest BCUT2D eigenvalue weighted by atomic mass is 9.97. The molecule has 0 heterocycles. The van der Waals surface area contributed by atoms with Gasteiger partial charge in [0.2, 0.25) is 0 Å². The molecule has 0 saturated heterocycles. The Labute approximate surface area is 96.9 Å². The fraction of sp³-hybridized carbons (Fsp3) is 0.250. The van der Waals surface area contributed by atoms with Gasteiger partial charge in [0.15, 0.2) is 0 Å². The van der Waals surface area contributed by atoms with Crippen molar-refractivity contribution in [3.05, 3.63) is 59.7 Å². The van der Waals surface area contributed by atoms with Gasteiger partial charge in [0.1, 0.15) is 0 Å². The van der Waals surface area contributed by atoms with Crippen molar-refractivity contribution in [2.75, 3.05) is 0 Å². The maximum atomic E-state index is 2.38. The molecule has 1 saturated carbocycles. The van der Waals surface area contributed by atoms with Crippen LogP contribution in [0.25, 0.3) is 11.1 Å². The van der Waals surface area contributed by atoms with Crippen LogP contribution in [-0.2, 0) is 0 Å². The minimum Gasteiger partial charge on any atom is -0.0622 e. The van der Waals surface area contributed by atoms with Crippen LogP contribution in [0.2, 0.25) is 0 Å². The minimum absolute atomic E-state index is 0.837. The molecule has 0 amide bonds. The molecule has 0 nitrogen and oxygen atoms in total. The van der Waals surface area contributed by atoms with Gasteiger partial charge < -0.3 is 0 Å². The molecular weight excluding hydrogens is 192 g/mol. The zero-order valence-electron chi connectivity index (χ0n) is 9.61. The first-order valence-electron chi connectivity index (χ1n) is 6.00. The summed E-state index contributed by atoms with van der Waals surface area (Å²) in [6.45, 7) is 2.22. The Kier molecular flexibility index (Phi) is 2.28. The number of benzene rings is 2. The predicted molar refractivity (Wildman–Crippen MR) is 68.6 cm³/mol. The van der Waals surface area contributed by atoms with Crippen LogP contribution < -0.4 is 0 Å². The van der Waals surface area contributed by atoms with Gasteiger partial charge in [-0.2, -0.15) is 0 Å². The summed E-state index contributed by atoms with van der Waals surface area (Å²) in [5.74, 6) is 0.837. The highest BCUT2D eigenvalue weighted by molar-refractivity contribution is 5.65. The highest BCUT2D eigenvalue weighted by atomic mass is 14.3. The molecule has 3 rings (SSSR count). The van der Waals surface area contributed by atoms with E-state index in [1.807, 2.05) is 0 Å². The highest BCUT2D eigenvalue weighted by Crippen LogP contribution is 2.42. The Hall–Kier alpha value is -1.56. The van der Waals surface area contributed by atoms with Crippen LogP contribution in [0.15, 0.2) is 48.5 Å². The second kappa shape index (κ2) is 3.79. The zero-order chi connectivity index (χ0) is 11.0. The van der Waals surface area contributed by atoms with Gasteiger partial charge >= 0.3 is 0 Å². The van der Waals surface area contributed by atoms with E-state index in [0.29, 0.717) is 0 Å². The molecule has 1 aliphatic rings. The van der Waals surface area contributed by atoms with Crippen molar-refractivity contribution in [3.63, 3.8) is 0 Å². The van der Waals surface area contributed by atoms with E-state index in [2.05, 4.69) is 55.5 Å². The number of hydrogen-bond acceptors (Lipinski definition) is 0. The van der Waals surface area contributed by atoms with E-state index in [-0.39, 0.29) is 0 Å². The highest BCUT2D eigenvalue weighted by Gasteiger charge is 2.25. The molecule has 2 aromatic rings. The Morgan fingerprint density at radius 3 is 2.31 bits per heavy atom. The Bertz CT molecular complexity index is 493. The van der Waals surface area contributed by atoms with Crippen LogP contribution in [0.1, 0.15) is 29.9 Å². The van der Waals surface area contributed by atoms with Crippen LogP contribution in [0, 0.1) is 6.92 Å². The summed E-state index contributed by atoms with van der Waals surface area (Å²) in [6, 6.07) is 17.5. The average molecular weight is 208 g/mol. The minimum atomic E-state index is 0.837. The third kappa shape index (κ3) is 1.76. The fourth-order valence-corrected chi connectivity index (χ4v) is 2.28. The zero-order valence-corrected chi connectivity index (χ0v) is 9.61. The third-order valence-corrected chi connectivity index (χ3v) is 3.40. The molecule has 0 heteroatoms. The summed E-state index contributed by atoms with van der Waals surface area (Å²) in [5, 5.41) is 0. The summed E-state index contributed by atoms with van der Waals surface area (Å²) >= 11 is 0. The van der Waals surface area contributed by atoms with E-state index in [0.717, 1.165) is 5.92 Å². The van der Waals surface area contributed by atoms with Gasteiger partial charge in [-0.3, -0.25) is 0 Å². The molecule has 0 spiro atoms. The van der Waals surface area contributed by atoms with E-state index >= 15 is 0 Å². The largest absolute Gasteiger partial charge is 0.0622 e. The topological polar surface area (TPSA) is 0 Å². The Morgan fingerprint density at radius 2 is 1.62 bits per heavy atom. The molecule has 2 aromatic carbocycles. The molecule has 1 fully saturated rings. The lowest BCUT2D eigenvalue weighted by Gasteiger charge is -2.08. The quantitative estimate of drug-likeness (QED) is 0.679. The molecule has 0 atom stereocenters. The van der Waals surface area contributed by atoms with Gasteiger partial charge in [-0.15, -0.1) is 0 Å². The summed E-state index contributed by atoms with van der Waals surface area (Å²) in [4.78, 5) is 0. The lowest BCUT2D eigenvalue weighted by molar-refractivity contribution is 1.10. The van der Waals surface area contributed by atoms with Gasteiger partial charge in [0.25, 0.3) is 0 Å². The standard InChI is InChI=1S/C16H16/c1-12-7-8-15(11-16(12)14-9-10-14)13-5-3-2-4-6-13/h2-8,11,14H,9-10H2,1H3. The van der Waals surface area contributed by atoms with Crippen molar-refractivity contribution < 1.29 is 0 Å². The first-order chi connectivity index (χ1) is 7.84. The first-order valence-corrected chi connectivity index (χ1v) is 6.00. The molecule has 0 aliphatic heterocycles. The molecule has 0 bridgehead atoms. The van der Waals surface area contributed by atoms with E-state index in [1.165, 1.54) is 29.5 Å². The first kappa shape index (κ1) is 9.65. The number of rotatable bonds is 2. The average Bonchev–Trinajstić information content (AvgIpc) is 3.15. The fourth-order valence-electron chi connectivity index (χ4n) is 2.28. The molecule has 80 valence electrons. The summed E-state index contributed by atoms with van der Waals surface area (Å²) in [6.07, 6.45) is 2.75. The lowest BCUT2D eigenvalue weighted by Crippen LogP contribution is -1.87. The predicted octanol–water partition coefficient (Wildman–Crippen LogP) is 4.54. The van der Waals surface area contributed by atoms with Gasteiger partial charge in [-0.05, 0) is 47.9 Å². The van der Waals surface area contributed by atoms with E-state index in [4.69, 9.17) is 0 Å². The van der Waals surface area contributed by atoms with Gasteiger partial charge in [0, 0.05) is 0 Å².